The number of rotatable bonds is 6. The molecule has 0 aliphatic heterocycles. The fourth-order valence-corrected chi connectivity index (χ4v) is 1.82. The van der Waals surface area contributed by atoms with E-state index in [-0.39, 0.29) is 12.5 Å². The molecule has 5 nitrogen and oxygen atoms in total. The highest BCUT2D eigenvalue weighted by atomic mass is 79.9. The van der Waals surface area contributed by atoms with Crippen molar-refractivity contribution >= 4 is 33.9 Å². The molecule has 0 radical (unpaired) electrons. The molecule has 0 unspecified atom stereocenters. The van der Waals surface area contributed by atoms with Gasteiger partial charge in [0.1, 0.15) is 5.75 Å². The van der Waals surface area contributed by atoms with Crippen LogP contribution in [0.5, 0.6) is 5.75 Å². The van der Waals surface area contributed by atoms with E-state index in [1.165, 1.54) is 6.08 Å². The number of amides is 1. The molecule has 0 spiro atoms. The number of carboxylic acids is 1. The van der Waals surface area contributed by atoms with E-state index in [1.54, 1.807) is 33.1 Å². The van der Waals surface area contributed by atoms with Crippen LogP contribution in [0.2, 0.25) is 0 Å². The van der Waals surface area contributed by atoms with Crippen molar-refractivity contribution in [1.29, 1.82) is 0 Å². The van der Waals surface area contributed by atoms with Crippen LogP contribution in [-0.4, -0.2) is 30.6 Å². The van der Waals surface area contributed by atoms with E-state index in [9.17, 15) is 9.59 Å². The number of methoxy groups -OCH3 is 1. The van der Waals surface area contributed by atoms with E-state index in [4.69, 9.17) is 9.84 Å². The number of aliphatic carboxylic acids is 1. The molecule has 0 saturated heterocycles. The number of hydrogen-bond acceptors (Lipinski definition) is 3. The third-order valence-electron chi connectivity index (χ3n) is 2.89. The molecule has 2 N–H and O–H groups in total. The number of carboxylic acid groups (broad SMARTS) is 1. The third kappa shape index (κ3) is 5.23. The maximum absolute atomic E-state index is 11.7. The lowest BCUT2D eigenvalue weighted by Gasteiger charge is -2.18. The van der Waals surface area contributed by atoms with E-state index in [0.717, 1.165) is 10.0 Å². The van der Waals surface area contributed by atoms with Gasteiger partial charge in [-0.3, -0.25) is 9.59 Å². The number of hydrogen-bond donors (Lipinski definition) is 2. The summed E-state index contributed by atoms with van der Waals surface area (Å²) in [4.78, 5) is 22.7. The molecular formula is C15H18BrNO4. The zero-order valence-corrected chi connectivity index (χ0v) is 13.7. The van der Waals surface area contributed by atoms with Crippen LogP contribution in [0.25, 0.3) is 6.08 Å². The van der Waals surface area contributed by atoms with Gasteiger partial charge in [-0.05, 0) is 38.1 Å². The van der Waals surface area contributed by atoms with Gasteiger partial charge in [0, 0.05) is 22.7 Å². The Hall–Kier alpha value is -1.82. The van der Waals surface area contributed by atoms with Crippen LogP contribution in [0.15, 0.2) is 28.7 Å². The van der Waals surface area contributed by atoms with Crippen LogP contribution in [-0.2, 0) is 9.59 Å². The number of nitrogens with one attached hydrogen (secondary N) is 1. The lowest BCUT2D eigenvalue weighted by Crippen LogP contribution is -2.38. The molecule has 0 aliphatic rings. The monoisotopic (exact) mass is 355 g/mol. The van der Waals surface area contributed by atoms with Gasteiger partial charge in [0.05, 0.1) is 12.5 Å². The second kappa shape index (κ2) is 7.26. The van der Waals surface area contributed by atoms with E-state index in [2.05, 4.69) is 21.2 Å². The predicted molar refractivity (Wildman–Crippen MR) is 84.2 cm³/mol. The molecule has 1 amide bonds. The van der Waals surface area contributed by atoms with Crippen molar-refractivity contribution in [3.8, 4) is 5.75 Å². The topological polar surface area (TPSA) is 75.6 Å². The van der Waals surface area contributed by atoms with Crippen LogP contribution < -0.4 is 10.1 Å². The van der Waals surface area contributed by atoms with Gasteiger partial charge in [0.15, 0.2) is 0 Å². The van der Waals surface area contributed by atoms with Gasteiger partial charge in [-0.25, -0.2) is 0 Å². The maximum atomic E-state index is 11.7. The largest absolute Gasteiger partial charge is 0.496 e. The van der Waals surface area contributed by atoms with Gasteiger partial charge in [-0.2, -0.15) is 0 Å². The Morgan fingerprint density at radius 2 is 2.10 bits per heavy atom. The molecule has 0 fully saturated rings. The fourth-order valence-electron chi connectivity index (χ4n) is 1.44. The minimum absolute atomic E-state index is 0.0567. The summed E-state index contributed by atoms with van der Waals surface area (Å²) < 4.78 is 6.07. The van der Waals surface area contributed by atoms with Gasteiger partial charge in [0.25, 0.3) is 0 Å². The van der Waals surface area contributed by atoms with Crippen LogP contribution in [0.4, 0.5) is 0 Å². The second-order valence-electron chi connectivity index (χ2n) is 5.13. The summed E-state index contributed by atoms with van der Waals surface area (Å²) in [5.74, 6) is -0.667. The normalized spacial score (nSPS) is 11.4. The molecule has 1 aromatic rings. The van der Waals surface area contributed by atoms with Crippen molar-refractivity contribution in [3.05, 3.63) is 34.3 Å². The SMILES string of the molecule is COc1ccc(Br)cc1/C=C/C(=O)NCC(C)(C)C(=O)O. The highest BCUT2D eigenvalue weighted by Gasteiger charge is 2.27. The zero-order chi connectivity index (χ0) is 16.0. The lowest BCUT2D eigenvalue weighted by atomic mass is 9.94. The zero-order valence-electron chi connectivity index (χ0n) is 12.1. The Balaban J connectivity index is 2.71. The Bertz CT molecular complexity index is 567. The maximum Gasteiger partial charge on any atom is 0.310 e. The number of ether oxygens (including phenoxy) is 1. The minimum atomic E-state index is -1.00. The molecule has 0 heterocycles. The number of halogens is 1. The highest BCUT2D eigenvalue weighted by molar-refractivity contribution is 9.10. The molecule has 0 aromatic heterocycles. The van der Waals surface area contributed by atoms with E-state index >= 15 is 0 Å². The molecule has 0 saturated carbocycles. The van der Waals surface area contributed by atoms with Crippen LogP contribution in [0.3, 0.4) is 0 Å². The Morgan fingerprint density at radius 1 is 1.43 bits per heavy atom. The first-order chi connectivity index (χ1) is 9.76. The molecule has 1 aromatic carbocycles. The van der Waals surface area contributed by atoms with Crippen molar-refractivity contribution in [2.24, 2.45) is 5.41 Å². The van der Waals surface area contributed by atoms with Crippen molar-refractivity contribution in [1.82, 2.24) is 5.32 Å². The van der Waals surface area contributed by atoms with Gasteiger partial charge in [0.2, 0.25) is 5.91 Å². The minimum Gasteiger partial charge on any atom is -0.496 e. The number of carbonyl (C=O) groups is 2. The van der Waals surface area contributed by atoms with Crippen molar-refractivity contribution in [2.75, 3.05) is 13.7 Å². The summed E-state index contributed by atoms with van der Waals surface area (Å²) in [6, 6.07) is 5.45. The quantitative estimate of drug-likeness (QED) is 0.769. The van der Waals surface area contributed by atoms with Crippen LogP contribution in [0.1, 0.15) is 19.4 Å². The first-order valence-electron chi connectivity index (χ1n) is 6.29. The Morgan fingerprint density at radius 3 is 2.67 bits per heavy atom. The van der Waals surface area contributed by atoms with Gasteiger partial charge in [-0.1, -0.05) is 15.9 Å². The number of carbonyl (C=O) groups excluding carboxylic acids is 1. The molecular weight excluding hydrogens is 338 g/mol. The predicted octanol–water partition coefficient (Wildman–Crippen LogP) is 2.70. The van der Waals surface area contributed by atoms with E-state index in [1.807, 2.05) is 12.1 Å². The van der Waals surface area contributed by atoms with E-state index < -0.39 is 11.4 Å². The molecule has 6 heteroatoms. The summed E-state index contributed by atoms with van der Waals surface area (Å²) in [5.41, 5.74) is -0.253. The summed E-state index contributed by atoms with van der Waals surface area (Å²) in [5, 5.41) is 11.5. The molecule has 1 rings (SSSR count). The van der Waals surface area contributed by atoms with E-state index in [0.29, 0.717) is 5.75 Å². The summed E-state index contributed by atoms with van der Waals surface area (Å²) in [6.07, 6.45) is 2.97. The summed E-state index contributed by atoms with van der Waals surface area (Å²) in [6.45, 7) is 3.16. The summed E-state index contributed by atoms with van der Waals surface area (Å²) >= 11 is 3.35. The van der Waals surface area contributed by atoms with Gasteiger partial charge >= 0.3 is 5.97 Å². The molecule has 0 bridgehead atoms. The third-order valence-corrected chi connectivity index (χ3v) is 3.38. The Kier molecular flexibility index (Phi) is 5.96. The Labute approximate surface area is 132 Å². The molecule has 0 aliphatic carbocycles. The summed E-state index contributed by atoms with van der Waals surface area (Å²) in [7, 11) is 1.55. The van der Waals surface area contributed by atoms with Crippen molar-refractivity contribution in [2.45, 2.75) is 13.8 Å². The second-order valence-corrected chi connectivity index (χ2v) is 6.04. The van der Waals surface area contributed by atoms with Gasteiger partial charge in [-0.15, -0.1) is 0 Å². The average molecular weight is 356 g/mol. The highest BCUT2D eigenvalue weighted by Crippen LogP contribution is 2.24. The smallest absolute Gasteiger partial charge is 0.310 e. The van der Waals surface area contributed by atoms with Crippen molar-refractivity contribution in [3.63, 3.8) is 0 Å². The van der Waals surface area contributed by atoms with Crippen molar-refractivity contribution < 1.29 is 19.4 Å². The average Bonchev–Trinajstić information content (AvgIpc) is 2.43. The standard InChI is InChI=1S/C15H18BrNO4/c1-15(2,14(19)20)9-17-13(18)7-4-10-8-11(16)5-6-12(10)21-3/h4-8H,9H2,1-3H3,(H,17,18)(H,19,20)/b7-4+. The fraction of sp³-hybridized carbons (Fsp3) is 0.333. The lowest BCUT2D eigenvalue weighted by molar-refractivity contribution is -0.146. The van der Waals surface area contributed by atoms with Crippen LogP contribution in [0, 0.1) is 5.41 Å². The molecule has 21 heavy (non-hydrogen) atoms. The number of benzene rings is 1. The van der Waals surface area contributed by atoms with Crippen LogP contribution >= 0.6 is 15.9 Å². The van der Waals surface area contributed by atoms with Gasteiger partial charge < -0.3 is 15.2 Å². The molecule has 0 atom stereocenters. The first kappa shape index (κ1) is 17.2. The molecule has 114 valence electrons. The first-order valence-corrected chi connectivity index (χ1v) is 7.08.